The minimum atomic E-state index is -0.240. The number of nitrogens with one attached hydrogen (secondary N) is 1. The number of fused-ring (bicyclic) bond motifs is 1. The van der Waals surface area contributed by atoms with Crippen LogP contribution in [-0.4, -0.2) is 39.4 Å². The molecule has 1 saturated heterocycles. The fraction of sp³-hybridized carbons (Fsp3) is 0.500. The summed E-state index contributed by atoms with van der Waals surface area (Å²) in [5, 5.41) is 3.25. The van der Waals surface area contributed by atoms with E-state index in [0.717, 1.165) is 26.2 Å². The van der Waals surface area contributed by atoms with Crippen LogP contribution >= 0.6 is 0 Å². The summed E-state index contributed by atoms with van der Waals surface area (Å²) in [6, 6.07) is 3.08. The van der Waals surface area contributed by atoms with Crippen molar-refractivity contribution in [2.75, 3.05) is 44.3 Å². The number of anilines is 1. The molecule has 2 heterocycles. The number of benzene rings is 1. The van der Waals surface area contributed by atoms with Crippen LogP contribution in [0.4, 0.5) is 10.1 Å². The first-order chi connectivity index (χ1) is 8.36. The van der Waals surface area contributed by atoms with E-state index in [1.165, 1.54) is 6.07 Å². The number of nitrogens with zero attached hydrogens (tertiary/aromatic N) is 1. The SMILES string of the molecule is Fc1ccc2c(c1N1CCNCC1)OCCO2. The molecule has 17 heavy (non-hydrogen) atoms. The zero-order valence-corrected chi connectivity index (χ0v) is 9.54. The lowest BCUT2D eigenvalue weighted by Gasteiger charge is -2.32. The topological polar surface area (TPSA) is 33.7 Å². The van der Waals surface area contributed by atoms with Gasteiger partial charge in [0, 0.05) is 26.2 Å². The minimum Gasteiger partial charge on any atom is -0.486 e. The Bertz CT molecular complexity index is 419. The predicted molar refractivity (Wildman–Crippen MR) is 62.5 cm³/mol. The van der Waals surface area contributed by atoms with Crippen molar-refractivity contribution in [1.82, 2.24) is 5.32 Å². The number of hydrogen-bond acceptors (Lipinski definition) is 4. The minimum absolute atomic E-state index is 0.240. The van der Waals surface area contributed by atoms with E-state index in [2.05, 4.69) is 5.32 Å². The standard InChI is InChI=1S/C12H15FN2O2/c13-9-1-2-10-12(17-8-7-16-10)11(9)15-5-3-14-4-6-15/h1-2,14H,3-8H2. The van der Waals surface area contributed by atoms with Crippen molar-refractivity contribution < 1.29 is 13.9 Å². The van der Waals surface area contributed by atoms with E-state index in [4.69, 9.17) is 9.47 Å². The zero-order chi connectivity index (χ0) is 11.7. The average molecular weight is 238 g/mol. The number of hydrogen-bond donors (Lipinski definition) is 1. The molecule has 5 heteroatoms. The Kier molecular flexibility index (Phi) is 2.76. The normalized spacial score (nSPS) is 19.2. The molecule has 0 bridgehead atoms. The highest BCUT2D eigenvalue weighted by Crippen LogP contribution is 2.41. The molecule has 1 N–H and O–H groups in total. The molecule has 0 saturated carbocycles. The van der Waals surface area contributed by atoms with Gasteiger partial charge < -0.3 is 19.7 Å². The molecule has 0 atom stereocenters. The van der Waals surface area contributed by atoms with Crippen molar-refractivity contribution in [3.05, 3.63) is 17.9 Å². The van der Waals surface area contributed by atoms with E-state index in [-0.39, 0.29) is 5.82 Å². The van der Waals surface area contributed by atoms with E-state index in [9.17, 15) is 4.39 Å². The van der Waals surface area contributed by atoms with Crippen LogP contribution in [0.5, 0.6) is 11.5 Å². The van der Waals surface area contributed by atoms with Gasteiger partial charge >= 0.3 is 0 Å². The summed E-state index contributed by atoms with van der Waals surface area (Å²) in [7, 11) is 0. The molecule has 0 radical (unpaired) electrons. The third-order valence-electron chi connectivity index (χ3n) is 3.07. The highest BCUT2D eigenvalue weighted by molar-refractivity contribution is 5.66. The van der Waals surface area contributed by atoms with Gasteiger partial charge in [-0.2, -0.15) is 0 Å². The van der Waals surface area contributed by atoms with Crippen LogP contribution < -0.4 is 19.7 Å². The predicted octanol–water partition coefficient (Wildman–Crippen LogP) is 1.01. The summed E-state index contributed by atoms with van der Waals surface area (Å²) in [6.07, 6.45) is 0. The lowest BCUT2D eigenvalue weighted by Crippen LogP contribution is -2.44. The van der Waals surface area contributed by atoms with E-state index >= 15 is 0 Å². The van der Waals surface area contributed by atoms with Crippen molar-refractivity contribution in [1.29, 1.82) is 0 Å². The molecule has 0 spiro atoms. The maximum Gasteiger partial charge on any atom is 0.187 e. The molecule has 2 aliphatic heterocycles. The summed E-state index contributed by atoms with van der Waals surface area (Å²) in [5.41, 5.74) is 0.545. The number of halogens is 1. The maximum absolute atomic E-state index is 14.0. The first-order valence-electron chi connectivity index (χ1n) is 5.90. The lowest BCUT2D eigenvalue weighted by molar-refractivity contribution is 0.171. The Morgan fingerprint density at radius 2 is 1.88 bits per heavy atom. The fourth-order valence-electron chi connectivity index (χ4n) is 2.26. The van der Waals surface area contributed by atoms with Gasteiger partial charge in [0.2, 0.25) is 0 Å². The first-order valence-corrected chi connectivity index (χ1v) is 5.90. The summed E-state index contributed by atoms with van der Waals surface area (Å²) in [6.45, 7) is 4.32. The van der Waals surface area contributed by atoms with Crippen LogP contribution in [0, 0.1) is 5.82 Å². The zero-order valence-electron chi connectivity index (χ0n) is 9.54. The van der Waals surface area contributed by atoms with Crippen molar-refractivity contribution in [3.63, 3.8) is 0 Å². The Morgan fingerprint density at radius 3 is 2.71 bits per heavy atom. The van der Waals surface area contributed by atoms with Crippen molar-refractivity contribution in [3.8, 4) is 11.5 Å². The number of ether oxygens (including phenoxy) is 2. The van der Waals surface area contributed by atoms with Crippen molar-refractivity contribution >= 4 is 5.69 Å². The van der Waals surface area contributed by atoms with Gasteiger partial charge in [-0.05, 0) is 12.1 Å². The average Bonchev–Trinajstić information content (AvgIpc) is 2.39. The van der Waals surface area contributed by atoms with Gasteiger partial charge in [0.1, 0.15) is 18.9 Å². The highest BCUT2D eigenvalue weighted by Gasteiger charge is 2.24. The molecular formula is C12H15FN2O2. The molecule has 1 fully saturated rings. The second-order valence-corrected chi connectivity index (χ2v) is 4.16. The lowest BCUT2D eigenvalue weighted by atomic mass is 10.2. The van der Waals surface area contributed by atoms with Gasteiger partial charge in [-0.25, -0.2) is 4.39 Å². The largest absolute Gasteiger partial charge is 0.486 e. The molecule has 3 rings (SSSR count). The molecule has 1 aromatic rings. The monoisotopic (exact) mass is 238 g/mol. The van der Waals surface area contributed by atoms with Crippen LogP contribution in [0.1, 0.15) is 0 Å². The quantitative estimate of drug-likeness (QED) is 0.791. The third kappa shape index (κ3) is 1.91. The number of piperazine rings is 1. The Balaban J connectivity index is 2.01. The molecular weight excluding hydrogens is 223 g/mol. The summed E-state index contributed by atoms with van der Waals surface area (Å²) < 4.78 is 25.0. The second-order valence-electron chi connectivity index (χ2n) is 4.16. The molecule has 0 aliphatic carbocycles. The summed E-state index contributed by atoms with van der Waals surface area (Å²) in [5.74, 6) is 0.959. The highest BCUT2D eigenvalue weighted by atomic mass is 19.1. The Labute approximate surface area is 99.3 Å². The number of rotatable bonds is 1. The molecule has 4 nitrogen and oxygen atoms in total. The molecule has 0 aromatic heterocycles. The van der Waals surface area contributed by atoms with Gasteiger partial charge in [-0.3, -0.25) is 0 Å². The third-order valence-corrected chi connectivity index (χ3v) is 3.07. The summed E-state index contributed by atoms with van der Waals surface area (Å²) in [4.78, 5) is 2.01. The molecule has 0 unspecified atom stereocenters. The van der Waals surface area contributed by atoms with Gasteiger partial charge in [-0.15, -0.1) is 0 Å². The Morgan fingerprint density at radius 1 is 1.12 bits per heavy atom. The van der Waals surface area contributed by atoms with Crippen LogP contribution in [0.15, 0.2) is 12.1 Å². The molecule has 92 valence electrons. The second kappa shape index (κ2) is 4.41. The fourth-order valence-corrected chi connectivity index (χ4v) is 2.26. The molecule has 0 amide bonds. The van der Waals surface area contributed by atoms with Crippen molar-refractivity contribution in [2.24, 2.45) is 0 Å². The van der Waals surface area contributed by atoms with Crippen LogP contribution in [0.3, 0.4) is 0 Å². The first kappa shape index (κ1) is 10.7. The van der Waals surface area contributed by atoms with Gasteiger partial charge in [0.05, 0.1) is 0 Å². The molecule has 1 aromatic carbocycles. The smallest absolute Gasteiger partial charge is 0.187 e. The Hall–Kier alpha value is -1.49. The van der Waals surface area contributed by atoms with E-state index < -0.39 is 0 Å². The van der Waals surface area contributed by atoms with Gasteiger partial charge in [0.25, 0.3) is 0 Å². The molecule has 2 aliphatic rings. The van der Waals surface area contributed by atoms with Crippen LogP contribution in [0.2, 0.25) is 0 Å². The van der Waals surface area contributed by atoms with Crippen molar-refractivity contribution in [2.45, 2.75) is 0 Å². The van der Waals surface area contributed by atoms with E-state index in [1.807, 2.05) is 4.90 Å². The summed E-state index contributed by atoms with van der Waals surface area (Å²) >= 11 is 0. The van der Waals surface area contributed by atoms with Gasteiger partial charge in [0.15, 0.2) is 17.3 Å². The van der Waals surface area contributed by atoms with Crippen LogP contribution in [-0.2, 0) is 0 Å². The van der Waals surface area contributed by atoms with E-state index in [1.54, 1.807) is 6.07 Å². The maximum atomic E-state index is 14.0. The van der Waals surface area contributed by atoms with E-state index in [0.29, 0.717) is 30.4 Å². The van der Waals surface area contributed by atoms with Crippen LogP contribution in [0.25, 0.3) is 0 Å². The van der Waals surface area contributed by atoms with Gasteiger partial charge in [-0.1, -0.05) is 0 Å².